The molecule has 0 spiro atoms. The molecule has 5 saturated carbocycles. The minimum absolute atomic E-state index is 0.215. The molecule has 0 aliphatic heterocycles. The first-order valence-corrected chi connectivity index (χ1v) is 16.6. The van der Waals surface area contributed by atoms with Crippen molar-refractivity contribution in [2.24, 2.45) is 59.2 Å². The highest BCUT2D eigenvalue weighted by molar-refractivity contribution is 7.87. The van der Waals surface area contributed by atoms with E-state index in [1.165, 1.54) is 0 Å². The van der Waals surface area contributed by atoms with E-state index in [2.05, 4.69) is 12.2 Å². The predicted octanol–water partition coefficient (Wildman–Crippen LogP) is 4.73. The molecule has 2 aromatic rings. The molecule has 6 aliphatic rings. The second kappa shape index (κ2) is 7.80. The van der Waals surface area contributed by atoms with Crippen LogP contribution in [0, 0.1) is 73.0 Å². The van der Waals surface area contributed by atoms with Crippen molar-refractivity contribution in [2.75, 3.05) is 0 Å². The molecule has 2 unspecified atom stereocenters. The molecule has 6 nitrogen and oxygen atoms in total. The lowest BCUT2D eigenvalue weighted by atomic mass is 9.83. The Bertz CT molecular complexity index is 1430. The zero-order chi connectivity index (χ0) is 26.1. The summed E-state index contributed by atoms with van der Waals surface area (Å²) in [6, 6.07) is 13.7. The first-order valence-electron chi connectivity index (χ1n) is 13.8. The largest absolute Gasteiger partial charge is 0.297 e. The number of aryl methyl sites for hydroxylation is 2. The van der Waals surface area contributed by atoms with Gasteiger partial charge in [-0.05, 0) is 110 Å². The summed E-state index contributed by atoms with van der Waals surface area (Å²) < 4.78 is 65.1. The zero-order valence-electron chi connectivity index (χ0n) is 21.4. The van der Waals surface area contributed by atoms with Gasteiger partial charge in [-0.1, -0.05) is 47.5 Å². The van der Waals surface area contributed by atoms with Crippen molar-refractivity contribution in [1.82, 2.24) is 0 Å². The van der Waals surface area contributed by atoms with Gasteiger partial charge < -0.3 is 0 Å². The number of benzene rings is 2. The number of rotatable bonds is 6. The maximum absolute atomic E-state index is 13.3. The molecular weight excluding hydrogens is 520 g/mol. The highest BCUT2D eigenvalue weighted by Crippen LogP contribution is 2.79. The summed E-state index contributed by atoms with van der Waals surface area (Å²) in [7, 11) is -7.71. The third kappa shape index (κ3) is 3.12. The van der Waals surface area contributed by atoms with Crippen LogP contribution in [0.15, 0.2) is 70.5 Å². The van der Waals surface area contributed by atoms with Crippen LogP contribution in [-0.4, -0.2) is 29.0 Å². The Kier molecular flexibility index (Phi) is 4.90. The number of allylic oxidation sites excluding steroid dienone is 2. The van der Waals surface area contributed by atoms with E-state index >= 15 is 0 Å². The van der Waals surface area contributed by atoms with Gasteiger partial charge in [-0.15, -0.1) is 0 Å². The molecule has 38 heavy (non-hydrogen) atoms. The minimum Gasteiger partial charge on any atom is -0.263 e. The van der Waals surface area contributed by atoms with Crippen LogP contribution in [0.5, 0.6) is 0 Å². The lowest BCUT2D eigenvalue weighted by Crippen LogP contribution is -2.31. The van der Waals surface area contributed by atoms with Gasteiger partial charge in [-0.25, -0.2) is 0 Å². The summed E-state index contributed by atoms with van der Waals surface area (Å²) in [4.78, 5) is 0.429. The molecule has 0 heterocycles. The summed E-state index contributed by atoms with van der Waals surface area (Å²) in [6.07, 6.45) is 5.39. The first-order chi connectivity index (χ1) is 18.1. The van der Waals surface area contributed by atoms with Crippen LogP contribution in [0.1, 0.15) is 24.0 Å². The lowest BCUT2D eigenvalue weighted by Gasteiger charge is -2.28. The Hall–Kier alpha value is -2.00. The third-order valence-electron chi connectivity index (χ3n) is 11.1. The van der Waals surface area contributed by atoms with E-state index in [9.17, 15) is 16.8 Å². The molecule has 0 N–H and O–H groups in total. The van der Waals surface area contributed by atoms with Gasteiger partial charge >= 0.3 is 0 Å². The Balaban J connectivity index is 1.09. The third-order valence-corrected chi connectivity index (χ3v) is 13.8. The summed E-state index contributed by atoms with van der Waals surface area (Å²) in [5.74, 6) is 3.68. The Morgan fingerprint density at radius 2 is 0.947 bits per heavy atom. The predicted molar refractivity (Wildman–Crippen MR) is 140 cm³/mol. The van der Waals surface area contributed by atoms with E-state index in [1.807, 2.05) is 13.8 Å². The minimum atomic E-state index is -3.86. The van der Waals surface area contributed by atoms with Crippen LogP contribution in [-0.2, 0) is 28.6 Å². The van der Waals surface area contributed by atoms with Crippen molar-refractivity contribution in [3.05, 3.63) is 71.8 Å². The molecule has 12 atom stereocenters. The molecule has 8 rings (SSSR count). The van der Waals surface area contributed by atoms with E-state index < -0.39 is 20.2 Å². The smallest absolute Gasteiger partial charge is 0.263 e. The molecule has 0 saturated heterocycles. The van der Waals surface area contributed by atoms with Crippen LogP contribution < -0.4 is 0 Å². The maximum atomic E-state index is 13.3. The van der Waals surface area contributed by atoms with E-state index in [-0.39, 0.29) is 33.8 Å². The summed E-state index contributed by atoms with van der Waals surface area (Å²) >= 11 is 0. The molecule has 2 aromatic carbocycles. The Morgan fingerprint density at radius 3 is 1.34 bits per heavy atom. The standard InChI is InChI=1S/C30H32O6S2/c1-15-3-7-17(8-4-15)37(31,32)35-23-13-21-22-14-24(36-38(33,34)18-9-5-16(2)6-10-18)27-20-12-11-19-25(20)30(29(22)27)28(21)26(19)23/h3-12,19-30H,13-14H2,1-2H3/t19-,20-,21-,22-,23-,24+,25?,26+,27+,28+,29-,30?/m0/s1. The molecule has 0 amide bonds. The highest BCUT2D eigenvalue weighted by Gasteiger charge is 2.77. The molecular formula is C30H32O6S2. The fraction of sp³-hybridized carbons (Fsp3) is 0.533. The van der Waals surface area contributed by atoms with E-state index in [0.29, 0.717) is 47.3 Å². The summed E-state index contributed by atoms with van der Waals surface area (Å²) in [5.41, 5.74) is 2.01. The lowest BCUT2D eigenvalue weighted by molar-refractivity contribution is 0.108. The molecule has 8 heteroatoms. The molecule has 0 bridgehead atoms. The topological polar surface area (TPSA) is 86.7 Å². The summed E-state index contributed by atoms with van der Waals surface area (Å²) in [6.45, 7) is 3.87. The highest BCUT2D eigenvalue weighted by atomic mass is 32.2. The van der Waals surface area contributed by atoms with E-state index in [1.54, 1.807) is 48.5 Å². The van der Waals surface area contributed by atoms with Gasteiger partial charge in [0.1, 0.15) is 0 Å². The van der Waals surface area contributed by atoms with Crippen LogP contribution in [0.4, 0.5) is 0 Å². The fourth-order valence-corrected chi connectivity index (χ4v) is 12.3. The van der Waals surface area contributed by atoms with Crippen LogP contribution >= 0.6 is 0 Å². The SMILES string of the molecule is Cc1ccc(S(=O)(=O)O[C@H]2C[C@H]3[C@@H]4C[C@@H](OS(=O)(=O)c5ccc(C)cc5)[C@@H]5[C@H]4C4C6[C@H](C=C[C@@H]65)[C@H]2[C@H]43)cc1. The van der Waals surface area contributed by atoms with Gasteiger partial charge in [0.2, 0.25) is 0 Å². The fourth-order valence-electron chi connectivity index (χ4n) is 10.1. The van der Waals surface area contributed by atoms with Gasteiger partial charge in [0.15, 0.2) is 0 Å². The van der Waals surface area contributed by atoms with Crippen molar-refractivity contribution < 1.29 is 25.2 Å². The van der Waals surface area contributed by atoms with Crippen molar-refractivity contribution in [2.45, 2.75) is 48.7 Å². The van der Waals surface area contributed by atoms with Gasteiger partial charge in [0.05, 0.1) is 22.0 Å². The molecule has 5 fully saturated rings. The summed E-state index contributed by atoms with van der Waals surface area (Å²) in [5, 5.41) is 0. The normalized spacial score (nSPS) is 43.3. The van der Waals surface area contributed by atoms with Gasteiger partial charge in [0.25, 0.3) is 20.2 Å². The second-order valence-electron chi connectivity index (χ2n) is 12.6. The first kappa shape index (κ1) is 23.9. The monoisotopic (exact) mass is 552 g/mol. The molecule has 0 radical (unpaired) electrons. The van der Waals surface area contributed by atoms with Gasteiger partial charge in [-0.3, -0.25) is 8.37 Å². The van der Waals surface area contributed by atoms with E-state index in [0.717, 1.165) is 24.0 Å². The molecule has 6 aliphatic carbocycles. The van der Waals surface area contributed by atoms with Crippen molar-refractivity contribution in [1.29, 1.82) is 0 Å². The number of hydrogen-bond donors (Lipinski definition) is 0. The maximum Gasteiger partial charge on any atom is 0.297 e. The average Bonchev–Trinajstić information content (AvgIpc) is 3.65. The van der Waals surface area contributed by atoms with Crippen molar-refractivity contribution in [3.8, 4) is 0 Å². The van der Waals surface area contributed by atoms with Gasteiger partial charge in [0, 0.05) is 0 Å². The number of fused-ring (bicyclic) bond motifs is 3. The second-order valence-corrected chi connectivity index (χ2v) is 15.8. The van der Waals surface area contributed by atoms with Crippen molar-refractivity contribution in [3.63, 3.8) is 0 Å². The van der Waals surface area contributed by atoms with Crippen LogP contribution in [0.25, 0.3) is 0 Å². The van der Waals surface area contributed by atoms with Crippen LogP contribution in [0.3, 0.4) is 0 Å². The van der Waals surface area contributed by atoms with Gasteiger partial charge in [-0.2, -0.15) is 16.8 Å². The number of hydrogen-bond acceptors (Lipinski definition) is 6. The quantitative estimate of drug-likeness (QED) is 0.380. The molecule has 200 valence electrons. The average molecular weight is 553 g/mol. The van der Waals surface area contributed by atoms with E-state index in [4.69, 9.17) is 8.37 Å². The molecule has 0 aromatic heterocycles. The Morgan fingerprint density at radius 1 is 0.553 bits per heavy atom. The van der Waals surface area contributed by atoms with Crippen LogP contribution in [0.2, 0.25) is 0 Å². The zero-order valence-corrected chi connectivity index (χ0v) is 23.0. The van der Waals surface area contributed by atoms with Crippen molar-refractivity contribution >= 4 is 20.2 Å². The Labute approximate surface area is 224 Å².